The second-order valence-electron chi connectivity index (χ2n) is 6.95. The summed E-state index contributed by atoms with van der Waals surface area (Å²) in [6.45, 7) is 2.31. The van der Waals surface area contributed by atoms with E-state index < -0.39 is 0 Å². The minimum Gasteiger partial charge on any atom is -0.410 e. The first-order valence-electron chi connectivity index (χ1n) is 9.21. The maximum absolute atomic E-state index is 5.85. The molecule has 1 aromatic carbocycles. The maximum atomic E-state index is 5.85. The van der Waals surface area contributed by atoms with Crippen LogP contribution in [-0.4, -0.2) is 20.3 Å². The van der Waals surface area contributed by atoms with Crippen molar-refractivity contribution in [3.63, 3.8) is 0 Å². The maximum Gasteiger partial charge on any atom is 0.277 e. The Labute approximate surface area is 170 Å². The van der Waals surface area contributed by atoms with E-state index in [0.29, 0.717) is 28.6 Å². The normalized spacial score (nSPS) is 16.2. The average Bonchev–Trinajstić information content (AvgIpc) is 3.45. The molecule has 4 aromatic rings. The van der Waals surface area contributed by atoms with Crippen molar-refractivity contribution in [2.45, 2.75) is 37.2 Å². The fourth-order valence-electron chi connectivity index (χ4n) is 3.32. The standard InChI is InChI=1S/C20H18N4O2S2/c1-12-7-8-15-14(9-12)10-16(28-15)19-22-23-20(25-19)27-11-17-21-18(24-26-17)13-5-3-2-4-6-13/h2-6,10,12H,7-9,11H2,1H3/t12-/m0/s1. The summed E-state index contributed by atoms with van der Waals surface area (Å²) in [5.41, 5.74) is 2.36. The molecule has 1 atom stereocenters. The highest BCUT2D eigenvalue weighted by Gasteiger charge is 2.21. The second-order valence-corrected chi connectivity index (χ2v) is 9.01. The van der Waals surface area contributed by atoms with Gasteiger partial charge in [0.25, 0.3) is 11.1 Å². The number of aryl methyl sites for hydroxylation is 1. The molecule has 6 nitrogen and oxygen atoms in total. The molecule has 0 spiro atoms. The van der Waals surface area contributed by atoms with Crippen LogP contribution in [0.5, 0.6) is 0 Å². The molecule has 0 N–H and O–H groups in total. The number of fused-ring (bicyclic) bond motifs is 1. The lowest BCUT2D eigenvalue weighted by Gasteiger charge is -2.16. The summed E-state index contributed by atoms with van der Waals surface area (Å²) in [4.78, 5) is 6.94. The fourth-order valence-corrected chi connectivity index (χ4v) is 5.05. The topological polar surface area (TPSA) is 77.8 Å². The van der Waals surface area contributed by atoms with E-state index in [4.69, 9.17) is 8.94 Å². The Bertz CT molecular complexity index is 1090. The summed E-state index contributed by atoms with van der Waals surface area (Å²) in [6, 6.07) is 12.0. The number of benzene rings is 1. The Morgan fingerprint density at radius 1 is 1.21 bits per heavy atom. The van der Waals surface area contributed by atoms with Crippen molar-refractivity contribution in [1.29, 1.82) is 0 Å². The molecule has 0 bridgehead atoms. The first-order chi connectivity index (χ1) is 13.7. The number of rotatable bonds is 5. The Hall–Kier alpha value is -2.45. The Morgan fingerprint density at radius 2 is 2.11 bits per heavy atom. The second kappa shape index (κ2) is 7.52. The van der Waals surface area contributed by atoms with Crippen LogP contribution in [-0.2, 0) is 18.6 Å². The van der Waals surface area contributed by atoms with Gasteiger partial charge >= 0.3 is 0 Å². The highest BCUT2D eigenvalue weighted by Crippen LogP contribution is 2.37. The summed E-state index contributed by atoms with van der Waals surface area (Å²) in [6.07, 6.45) is 3.55. The number of thioether (sulfide) groups is 1. The molecule has 0 radical (unpaired) electrons. The van der Waals surface area contributed by atoms with Gasteiger partial charge in [-0.3, -0.25) is 0 Å². The molecule has 28 heavy (non-hydrogen) atoms. The van der Waals surface area contributed by atoms with Crippen molar-refractivity contribution in [3.05, 3.63) is 52.7 Å². The molecule has 0 saturated heterocycles. The van der Waals surface area contributed by atoms with Crippen molar-refractivity contribution in [2.24, 2.45) is 5.92 Å². The van der Waals surface area contributed by atoms with Crippen LogP contribution in [0.25, 0.3) is 22.2 Å². The van der Waals surface area contributed by atoms with Crippen molar-refractivity contribution >= 4 is 23.1 Å². The van der Waals surface area contributed by atoms with Gasteiger partial charge in [0.2, 0.25) is 11.7 Å². The summed E-state index contributed by atoms with van der Waals surface area (Å²) in [5, 5.41) is 12.9. The fraction of sp³-hybridized carbons (Fsp3) is 0.300. The van der Waals surface area contributed by atoms with Gasteiger partial charge in [-0.2, -0.15) is 4.98 Å². The SMILES string of the molecule is C[C@H]1CCc2sc(-c3nnc(SCc4nc(-c5ccccc5)no4)o3)cc2C1. The van der Waals surface area contributed by atoms with Gasteiger partial charge in [0.15, 0.2) is 0 Å². The van der Waals surface area contributed by atoms with Gasteiger partial charge in [0.1, 0.15) is 0 Å². The van der Waals surface area contributed by atoms with E-state index in [2.05, 4.69) is 33.3 Å². The minimum atomic E-state index is 0.486. The number of aromatic nitrogens is 4. The first kappa shape index (κ1) is 17.6. The number of hydrogen-bond donors (Lipinski definition) is 0. The van der Waals surface area contributed by atoms with Crippen LogP contribution >= 0.6 is 23.1 Å². The van der Waals surface area contributed by atoms with E-state index in [1.807, 2.05) is 30.3 Å². The summed E-state index contributed by atoms with van der Waals surface area (Å²) < 4.78 is 11.2. The first-order valence-corrected chi connectivity index (χ1v) is 11.0. The smallest absolute Gasteiger partial charge is 0.277 e. The van der Waals surface area contributed by atoms with Crippen LogP contribution in [0.1, 0.15) is 29.7 Å². The molecule has 3 heterocycles. The van der Waals surface area contributed by atoms with Gasteiger partial charge in [-0.25, -0.2) is 0 Å². The molecule has 8 heteroatoms. The van der Waals surface area contributed by atoms with Gasteiger partial charge < -0.3 is 8.94 Å². The summed E-state index contributed by atoms with van der Waals surface area (Å²) >= 11 is 3.17. The van der Waals surface area contributed by atoms with E-state index >= 15 is 0 Å². The summed E-state index contributed by atoms with van der Waals surface area (Å²) in [7, 11) is 0. The van der Waals surface area contributed by atoms with E-state index in [-0.39, 0.29) is 0 Å². The molecule has 5 rings (SSSR count). The lowest BCUT2D eigenvalue weighted by Crippen LogP contribution is -2.07. The minimum absolute atomic E-state index is 0.486. The monoisotopic (exact) mass is 410 g/mol. The lowest BCUT2D eigenvalue weighted by atomic mass is 9.90. The molecule has 3 aromatic heterocycles. The number of nitrogens with zero attached hydrogens (tertiary/aromatic N) is 4. The van der Waals surface area contributed by atoms with E-state index in [0.717, 1.165) is 29.2 Å². The van der Waals surface area contributed by atoms with Gasteiger partial charge in [0.05, 0.1) is 10.6 Å². The molecular formula is C20H18N4O2S2. The number of hydrogen-bond acceptors (Lipinski definition) is 8. The van der Waals surface area contributed by atoms with E-state index in [1.165, 1.54) is 28.6 Å². The molecule has 1 aliphatic rings. The lowest BCUT2D eigenvalue weighted by molar-refractivity contribution is 0.391. The number of thiophene rings is 1. The van der Waals surface area contributed by atoms with E-state index in [9.17, 15) is 0 Å². The van der Waals surface area contributed by atoms with Crippen LogP contribution in [0, 0.1) is 5.92 Å². The van der Waals surface area contributed by atoms with Gasteiger partial charge in [-0.15, -0.1) is 21.5 Å². The van der Waals surface area contributed by atoms with Crippen LogP contribution < -0.4 is 0 Å². The van der Waals surface area contributed by atoms with Gasteiger partial charge in [0, 0.05) is 10.4 Å². The Morgan fingerprint density at radius 3 is 3.00 bits per heavy atom. The zero-order chi connectivity index (χ0) is 18.9. The average molecular weight is 411 g/mol. The zero-order valence-electron chi connectivity index (χ0n) is 15.3. The molecule has 1 aliphatic carbocycles. The molecule has 142 valence electrons. The van der Waals surface area contributed by atoms with Gasteiger partial charge in [-0.05, 0) is 36.8 Å². The van der Waals surface area contributed by atoms with Crippen LogP contribution in [0.3, 0.4) is 0 Å². The van der Waals surface area contributed by atoms with Crippen molar-refractivity contribution in [1.82, 2.24) is 20.3 Å². The molecule has 0 amide bonds. The van der Waals surface area contributed by atoms with Gasteiger partial charge in [-0.1, -0.05) is 54.2 Å². The quantitative estimate of drug-likeness (QED) is 0.415. The third-order valence-electron chi connectivity index (χ3n) is 4.77. The van der Waals surface area contributed by atoms with E-state index in [1.54, 1.807) is 11.3 Å². The Balaban J connectivity index is 1.26. The highest BCUT2D eigenvalue weighted by atomic mass is 32.2. The molecule has 0 aliphatic heterocycles. The predicted octanol–water partition coefficient (Wildman–Crippen LogP) is 5.27. The summed E-state index contributed by atoms with van der Waals surface area (Å²) in [5.74, 6) is 2.94. The molecule has 0 unspecified atom stereocenters. The predicted molar refractivity (Wildman–Crippen MR) is 108 cm³/mol. The van der Waals surface area contributed by atoms with Crippen LogP contribution in [0.4, 0.5) is 0 Å². The molecule has 0 saturated carbocycles. The third kappa shape index (κ3) is 3.62. The molecule has 0 fully saturated rings. The molecular weight excluding hydrogens is 392 g/mol. The highest BCUT2D eigenvalue weighted by molar-refractivity contribution is 7.98. The van der Waals surface area contributed by atoms with Crippen molar-refractivity contribution in [2.75, 3.05) is 0 Å². The zero-order valence-corrected chi connectivity index (χ0v) is 16.9. The Kier molecular flexibility index (Phi) is 4.74. The van der Waals surface area contributed by atoms with Crippen LogP contribution in [0.15, 0.2) is 50.6 Å². The van der Waals surface area contributed by atoms with Crippen LogP contribution in [0.2, 0.25) is 0 Å². The third-order valence-corrected chi connectivity index (χ3v) is 6.79. The largest absolute Gasteiger partial charge is 0.410 e. The van der Waals surface area contributed by atoms with Crippen molar-refractivity contribution < 1.29 is 8.94 Å². The van der Waals surface area contributed by atoms with Crippen molar-refractivity contribution in [3.8, 4) is 22.2 Å².